The summed E-state index contributed by atoms with van der Waals surface area (Å²) in [5.41, 5.74) is 5.38. The molecule has 0 aromatic rings. The van der Waals surface area contributed by atoms with Gasteiger partial charge in [0.15, 0.2) is 0 Å². The van der Waals surface area contributed by atoms with Gasteiger partial charge in [-0.05, 0) is 12.3 Å². The second-order valence-corrected chi connectivity index (χ2v) is 6.59. The highest BCUT2D eigenvalue weighted by Crippen LogP contribution is 2.04. The van der Waals surface area contributed by atoms with Crippen molar-refractivity contribution >= 4 is 29.7 Å². The van der Waals surface area contributed by atoms with Gasteiger partial charge >= 0.3 is 11.9 Å². The van der Waals surface area contributed by atoms with Crippen molar-refractivity contribution in [1.29, 1.82) is 0 Å². The van der Waals surface area contributed by atoms with Crippen molar-refractivity contribution in [1.82, 2.24) is 16.0 Å². The molecule has 3 amide bonds. The molecule has 29 heavy (non-hydrogen) atoms. The summed E-state index contributed by atoms with van der Waals surface area (Å²) in [7, 11) is 0. The highest BCUT2D eigenvalue weighted by Gasteiger charge is 2.31. The summed E-state index contributed by atoms with van der Waals surface area (Å²) >= 11 is 0. The molecule has 0 unspecified atom stereocenters. The molecule has 0 spiro atoms. The van der Waals surface area contributed by atoms with Gasteiger partial charge in [-0.3, -0.25) is 19.2 Å². The Balaban J connectivity index is 5.12. The average molecular weight is 420 g/mol. The molecule has 0 fully saturated rings. The molecular formula is C16H28N4O9. The number of nitrogens with two attached hydrogens (primary N) is 1. The van der Waals surface area contributed by atoms with Gasteiger partial charge in [0.05, 0.1) is 13.2 Å². The standard InChI is InChI=1S/C16H28N4O9/c1-7(2)12(20-13(25)8(17)5-21)15(27)19-10(6-22)14(26)18-9(16(28)29)3-4-11(23)24/h7-10,12,21-22H,3-6,17H2,1-2H3,(H,18,26)(H,19,27)(H,20,25)(H,23,24)(H,28,29)/t8-,9-,10-,12-/m0/s1. The van der Waals surface area contributed by atoms with Crippen molar-refractivity contribution in [2.24, 2.45) is 11.7 Å². The molecule has 4 atom stereocenters. The number of hydrogen-bond donors (Lipinski definition) is 8. The lowest BCUT2D eigenvalue weighted by molar-refractivity contribution is -0.143. The van der Waals surface area contributed by atoms with Gasteiger partial charge in [-0.2, -0.15) is 0 Å². The number of carboxylic acids is 2. The third kappa shape index (κ3) is 9.32. The van der Waals surface area contributed by atoms with Crippen LogP contribution in [0.3, 0.4) is 0 Å². The van der Waals surface area contributed by atoms with Crippen molar-refractivity contribution in [3.05, 3.63) is 0 Å². The van der Waals surface area contributed by atoms with E-state index in [4.69, 9.17) is 21.1 Å². The minimum absolute atomic E-state index is 0.397. The van der Waals surface area contributed by atoms with Crippen LogP contribution >= 0.6 is 0 Å². The maximum absolute atomic E-state index is 12.4. The van der Waals surface area contributed by atoms with E-state index in [0.717, 1.165) is 0 Å². The summed E-state index contributed by atoms with van der Waals surface area (Å²) in [6.45, 7) is 1.66. The number of aliphatic carboxylic acids is 2. The number of carbonyl (C=O) groups excluding carboxylic acids is 3. The third-order valence-corrected chi connectivity index (χ3v) is 3.86. The Morgan fingerprint density at radius 1 is 0.828 bits per heavy atom. The van der Waals surface area contributed by atoms with Crippen LogP contribution in [0.1, 0.15) is 26.7 Å². The molecule has 0 aliphatic rings. The molecule has 0 radical (unpaired) electrons. The van der Waals surface area contributed by atoms with E-state index < -0.39 is 85.8 Å². The SMILES string of the molecule is CC(C)[C@H](NC(=O)[C@@H](N)CO)C(=O)N[C@@H](CO)C(=O)N[C@@H](CCC(=O)O)C(=O)O. The van der Waals surface area contributed by atoms with Crippen molar-refractivity contribution < 1.29 is 44.4 Å². The molecule has 0 bridgehead atoms. The molecule has 13 nitrogen and oxygen atoms in total. The zero-order valence-corrected chi connectivity index (χ0v) is 16.1. The van der Waals surface area contributed by atoms with Crippen LogP contribution in [0.2, 0.25) is 0 Å². The first-order valence-corrected chi connectivity index (χ1v) is 8.77. The fourth-order valence-corrected chi connectivity index (χ4v) is 2.13. The predicted molar refractivity (Wildman–Crippen MR) is 97.3 cm³/mol. The number of aliphatic hydroxyl groups is 2. The van der Waals surface area contributed by atoms with E-state index in [-0.39, 0.29) is 0 Å². The third-order valence-electron chi connectivity index (χ3n) is 3.86. The smallest absolute Gasteiger partial charge is 0.326 e. The second kappa shape index (κ2) is 12.6. The Hall–Kier alpha value is -2.77. The second-order valence-electron chi connectivity index (χ2n) is 6.59. The Kier molecular flexibility index (Phi) is 11.4. The van der Waals surface area contributed by atoms with E-state index >= 15 is 0 Å². The van der Waals surface area contributed by atoms with Crippen molar-refractivity contribution in [3.63, 3.8) is 0 Å². The van der Waals surface area contributed by atoms with E-state index in [9.17, 15) is 29.1 Å². The van der Waals surface area contributed by atoms with Crippen LogP contribution in [-0.4, -0.2) is 87.5 Å². The minimum atomic E-state index is -1.54. The predicted octanol–water partition coefficient (Wildman–Crippen LogP) is -3.64. The van der Waals surface area contributed by atoms with Gasteiger partial charge in [0.1, 0.15) is 24.2 Å². The van der Waals surface area contributed by atoms with E-state index in [1.165, 1.54) is 0 Å². The summed E-state index contributed by atoms with van der Waals surface area (Å²) < 4.78 is 0. The van der Waals surface area contributed by atoms with E-state index in [1.807, 2.05) is 5.32 Å². The lowest BCUT2D eigenvalue weighted by Gasteiger charge is -2.26. The van der Waals surface area contributed by atoms with E-state index in [2.05, 4.69) is 10.6 Å². The van der Waals surface area contributed by atoms with Crippen LogP contribution in [0.4, 0.5) is 0 Å². The van der Waals surface area contributed by atoms with Crippen LogP contribution < -0.4 is 21.7 Å². The van der Waals surface area contributed by atoms with Gasteiger partial charge in [-0.25, -0.2) is 4.79 Å². The number of nitrogens with one attached hydrogen (secondary N) is 3. The number of amides is 3. The number of carbonyl (C=O) groups is 5. The van der Waals surface area contributed by atoms with Gasteiger partial charge in [-0.1, -0.05) is 13.8 Å². The maximum Gasteiger partial charge on any atom is 0.326 e. The molecule has 0 rings (SSSR count). The lowest BCUT2D eigenvalue weighted by Crippen LogP contribution is -2.59. The zero-order chi connectivity index (χ0) is 22.7. The monoisotopic (exact) mass is 420 g/mol. The van der Waals surface area contributed by atoms with Crippen molar-refractivity contribution in [2.45, 2.75) is 50.9 Å². The van der Waals surface area contributed by atoms with Gasteiger partial charge < -0.3 is 42.1 Å². The van der Waals surface area contributed by atoms with Crippen LogP contribution in [0.25, 0.3) is 0 Å². The van der Waals surface area contributed by atoms with Gasteiger partial charge in [0, 0.05) is 6.42 Å². The van der Waals surface area contributed by atoms with Gasteiger partial charge in [0.2, 0.25) is 17.7 Å². The van der Waals surface area contributed by atoms with Crippen molar-refractivity contribution in [2.75, 3.05) is 13.2 Å². The summed E-state index contributed by atoms with van der Waals surface area (Å²) in [6.07, 6.45) is -0.911. The van der Waals surface area contributed by atoms with E-state index in [0.29, 0.717) is 0 Å². The summed E-state index contributed by atoms with van der Waals surface area (Å²) in [5, 5.41) is 42.5. The Morgan fingerprint density at radius 3 is 1.79 bits per heavy atom. The quantitative estimate of drug-likeness (QED) is 0.146. The van der Waals surface area contributed by atoms with Gasteiger partial charge in [0.25, 0.3) is 0 Å². The Bertz CT molecular complexity index is 611. The number of aliphatic hydroxyl groups excluding tert-OH is 2. The first-order valence-electron chi connectivity index (χ1n) is 8.77. The Labute approximate surface area is 166 Å². The van der Waals surface area contributed by atoms with Gasteiger partial charge in [-0.15, -0.1) is 0 Å². The highest BCUT2D eigenvalue weighted by atomic mass is 16.4. The average Bonchev–Trinajstić information content (AvgIpc) is 2.65. The van der Waals surface area contributed by atoms with Crippen LogP contribution in [-0.2, 0) is 24.0 Å². The highest BCUT2D eigenvalue weighted by molar-refractivity contribution is 5.94. The molecular weight excluding hydrogens is 392 g/mol. The normalized spacial score (nSPS) is 15.0. The molecule has 0 aliphatic heterocycles. The summed E-state index contributed by atoms with van der Waals surface area (Å²) in [6, 6.07) is -5.48. The number of hydrogen-bond acceptors (Lipinski definition) is 8. The fraction of sp³-hybridized carbons (Fsp3) is 0.688. The fourth-order valence-electron chi connectivity index (χ4n) is 2.13. The topological polar surface area (TPSA) is 228 Å². The molecule has 166 valence electrons. The van der Waals surface area contributed by atoms with Crippen LogP contribution in [0.15, 0.2) is 0 Å². The largest absolute Gasteiger partial charge is 0.481 e. The maximum atomic E-state index is 12.4. The zero-order valence-electron chi connectivity index (χ0n) is 16.1. The first kappa shape index (κ1) is 26.2. The van der Waals surface area contributed by atoms with Crippen molar-refractivity contribution in [3.8, 4) is 0 Å². The summed E-state index contributed by atoms with van der Waals surface area (Å²) in [5.74, 6) is -5.87. The van der Waals surface area contributed by atoms with Crippen LogP contribution in [0, 0.1) is 5.92 Å². The molecule has 0 saturated heterocycles. The molecule has 0 aromatic heterocycles. The lowest BCUT2D eigenvalue weighted by atomic mass is 10.0. The Morgan fingerprint density at radius 2 is 1.38 bits per heavy atom. The first-order chi connectivity index (χ1) is 13.4. The van der Waals surface area contributed by atoms with E-state index in [1.54, 1.807) is 13.8 Å². The molecule has 0 saturated carbocycles. The molecule has 0 aromatic carbocycles. The van der Waals surface area contributed by atoms with Crippen LogP contribution in [0.5, 0.6) is 0 Å². The number of carboxylic acid groups (broad SMARTS) is 2. The summed E-state index contributed by atoms with van der Waals surface area (Å²) in [4.78, 5) is 58.2. The minimum Gasteiger partial charge on any atom is -0.481 e. The number of rotatable bonds is 13. The molecule has 0 heterocycles. The molecule has 13 heteroatoms. The molecule has 0 aliphatic carbocycles. The molecule has 9 N–H and O–H groups in total.